The van der Waals surface area contributed by atoms with Gasteiger partial charge in [0, 0.05) is 38.4 Å². The quantitative estimate of drug-likeness (QED) is 0.717. The van der Waals surface area contributed by atoms with Gasteiger partial charge < -0.3 is 15.1 Å². The lowest BCUT2D eigenvalue weighted by atomic mass is 10.2. The molecule has 1 aromatic carbocycles. The SMILES string of the molecule is Cc1cc(C)n(CC(C)CNC(=O)N(CCN(C)C)Cc2ccc(F)cc2)n1. The first-order valence-corrected chi connectivity index (χ1v) is 9.67. The molecule has 2 aromatic rings. The van der Waals surface area contributed by atoms with E-state index in [0.717, 1.165) is 30.0 Å². The summed E-state index contributed by atoms with van der Waals surface area (Å²) in [5.74, 6) is -0.0190. The van der Waals surface area contributed by atoms with Crippen molar-refractivity contribution >= 4 is 6.03 Å². The lowest BCUT2D eigenvalue weighted by Crippen LogP contribution is -2.44. The Balaban J connectivity index is 1.92. The minimum absolute atomic E-state index is 0.105. The maximum Gasteiger partial charge on any atom is 0.317 e. The van der Waals surface area contributed by atoms with Gasteiger partial charge in [-0.25, -0.2) is 9.18 Å². The molecule has 1 aromatic heterocycles. The zero-order valence-corrected chi connectivity index (χ0v) is 17.6. The number of carbonyl (C=O) groups is 1. The molecule has 28 heavy (non-hydrogen) atoms. The summed E-state index contributed by atoms with van der Waals surface area (Å²) >= 11 is 0. The summed E-state index contributed by atoms with van der Waals surface area (Å²) in [6.07, 6.45) is 0. The first kappa shape index (κ1) is 21.9. The van der Waals surface area contributed by atoms with E-state index in [2.05, 4.69) is 23.4 Å². The van der Waals surface area contributed by atoms with E-state index in [1.165, 1.54) is 12.1 Å². The summed E-state index contributed by atoms with van der Waals surface area (Å²) in [6.45, 7) is 9.25. The van der Waals surface area contributed by atoms with Crippen LogP contribution in [0.3, 0.4) is 0 Å². The molecule has 1 heterocycles. The van der Waals surface area contributed by atoms with Crippen LogP contribution in [0.15, 0.2) is 30.3 Å². The predicted octanol–water partition coefficient (Wildman–Crippen LogP) is 3.05. The fraction of sp³-hybridized carbons (Fsp3) is 0.524. The Labute approximate surface area is 167 Å². The van der Waals surface area contributed by atoms with Gasteiger partial charge in [0.1, 0.15) is 5.82 Å². The lowest BCUT2D eigenvalue weighted by Gasteiger charge is -2.26. The van der Waals surface area contributed by atoms with Gasteiger partial charge in [-0.15, -0.1) is 0 Å². The van der Waals surface area contributed by atoms with E-state index >= 15 is 0 Å². The van der Waals surface area contributed by atoms with Crippen molar-refractivity contribution in [3.8, 4) is 0 Å². The van der Waals surface area contributed by atoms with Gasteiger partial charge in [-0.2, -0.15) is 5.10 Å². The number of amides is 2. The van der Waals surface area contributed by atoms with Crippen LogP contribution in [-0.2, 0) is 13.1 Å². The first-order chi connectivity index (χ1) is 13.2. The number of hydrogen-bond acceptors (Lipinski definition) is 3. The number of nitrogens with zero attached hydrogens (tertiary/aromatic N) is 4. The molecule has 0 spiro atoms. The number of carbonyl (C=O) groups excluding carboxylic acids is 1. The second-order valence-electron chi connectivity index (χ2n) is 7.75. The summed E-state index contributed by atoms with van der Waals surface area (Å²) in [5, 5.41) is 7.52. The maximum atomic E-state index is 13.1. The van der Waals surface area contributed by atoms with Gasteiger partial charge in [0.2, 0.25) is 0 Å². The van der Waals surface area contributed by atoms with Crippen LogP contribution in [0.4, 0.5) is 9.18 Å². The average Bonchev–Trinajstić information content (AvgIpc) is 2.95. The number of aryl methyl sites for hydroxylation is 2. The van der Waals surface area contributed by atoms with E-state index < -0.39 is 0 Å². The van der Waals surface area contributed by atoms with Crippen LogP contribution in [0.1, 0.15) is 23.9 Å². The van der Waals surface area contributed by atoms with E-state index in [9.17, 15) is 9.18 Å². The second kappa shape index (κ2) is 10.2. The van der Waals surface area contributed by atoms with Crippen LogP contribution in [0.5, 0.6) is 0 Å². The zero-order chi connectivity index (χ0) is 20.7. The lowest BCUT2D eigenvalue weighted by molar-refractivity contribution is 0.186. The van der Waals surface area contributed by atoms with Crippen LogP contribution < -0.4 is 5.32 Å². The molecule has 154 valence electrons. The molecule has 1 unspecified atom stereocenters. The number of halogens is 1. The van der Waals surface area contributed by atoms with Crippen molar-refractivity contribution in [2.75, 3.05) is 33.7 Å². The van der Waals surface area contributed by atoms with Gasteiger partial charge in [-0.1, -0.05) is 19.1 Å². The largest absolute Gasteiger partial charge is 0.338 e. The van der Waals surface area contributed by atoms with Gasteiger partial charge in [0.05, 0.1) is 5.69 Å². The normalized spacial score (nSPS) is 12.2. The summed E-state index contributed by atoms with van der Waals surface area (Å²) < 4.78 is 15.1. The minimum atomic E-state index is -0.272. The number of likely N-dealkylation sites (N-methyl/N-ethyl adjacent to an activating group) is 1. The highest BCUT2D eigenvalue weighted by molar-refractivity contribution is 5.74. The molecule has 0 aliphatic rings. The summed E-state index contributed by atoms with van der Waals surface area (Å²) in [6, 6.07) is 8.23. The van der Waals surface area contributed by atoms with Crippen molar-refractivity contribution in [2.24, 2.45) is 5.92 Å². The van der Waals surface area contributed by atoms with E-state index in [-0.39, 0.29) is 17.8 Å². The number of benzene rings is 1. The Morgan fingerprint density at radius 2 is 1.89 bits per heavy atom. The zero-order valence-electron chi connectivity index (χ0n) is 17.6. The van der Waals surface area contributed by atoms with Crippen molar-refractivity contribution < 1.29 is 9.18 Å². The first-order valence-electron chi connectivity index (χ1n) is 9.67. The molecule has 6 nitrogen and oxygen atoms in total. The number of nitrogens with one attached hydrogen (secondary N) is 1. The van der Waals surface area contributed by atoms with Crippen molar-refractivity contribution in [1.29, 1.82) is 0 Å². The third-order valence-corrected chi connectivity index (χ3v) is 4.58. The van der Waals surface area contributed by atoms with Crippen molar-refractivity contribution in [3.63, 3.8) is 0 Å². The molecule has 1 N–H and O–H groups in total. The van der Waals surface area contributed by atoms with Gasteiger partial charge in [-0.3, -0.25) is 4.68 Å². The molecule has 2 amide bonds. The molecule has 0 fully saturated rings. The summed E-state index contributed by atoms with van der Waals surface area (Å²) in [7, 11) is 3.95. The number of urea groups is 1. The maximum absolute atomic E-state index is 13.1. The molecule has 1 atom stereocenters. The fourth-order valence-electron chi connectivity index (χ4n) is 2.98. The van der Waals surface area contributed by atoms with Gasteiger partial charge in [0.15, 0.2) is 0 Å². The molecular formula is C21H32FN5O. The molecule has 0 bridgehead atoms. The molecule has 0 aliphatic carbocycles. The Morgan fingerprint density at radius 3 is 2.46 bits per heavy atom. The molecule has 2 rings (SSSR count). The Morgan fingerprint density at radius 1 is 1.21 bits per heavy atom. The monoisotopic (exact) mass is 389 g/mol. The van der Waals surface area contributed by atoms with Crippen LogP contribution in [0.2, 0.25) is 0 Å². The van der Waals surface area contributed by atoms with Gasteiger partial charge >= 0.3 is 6.03 Å². The van der Waals surface area contributed by atoms with Crippen molar-refractivity contribution in [3.05, 3.63) is 53.1 Å². The van der Waals surface area contributed by atoms with E-state index in [4.69, 9.17) is 0 Å². The third-order valence-electron chi connectivity index (χ3n) is 4.58. The molecule has 7 heteroatoms. The van der Waals surface area contributed by atoms with Gasteiger partial charge in [0.25, 0.3) is 0 Å². The van der Waals surface area contributed by atoms with Crippen molar-refractivity contribution in [2.45, 2.75) is 33.9 Å². The van der Waals surface area contributed by atoms with E-state index in [1.54, 1.807) is 17.0 Å². The number of hydrogen-bond donors (Lipinski definition) is 1. The molecule has 0 aliphatic heterocycles. The van der Waals surface area contributed by atoms with Gasteiger partial charge in [-0.05, 0) is 57.6 Å². The van der Waals surface area contributed by atoms with Crippen molar-refractivity contribution in [1.82, 2.24) is 24.9 Å². The highest BCUT2D eigenvalue weighted by Crippen LogP contribution is 2.09. The topological polar surface area (TPSA) is 53.4 Å². The van der Waals surface area contributed by atoms with E-state index in [0.29, 0.717) is 19.6 Å². The standard InChI is InChI=1S/C21H32FN5O/c1-16(14-27-18(3)12-17(2)24-27)13-23-21(28)26(11-10-25(4)5)15-19-6-8-20(22)9-7-19/h6-9,12,16H,10-11,13-15H2,1-5H3,(H,23,28). The number of aromatic nitrogens is 2. The Bertz CT molecular complexity index is 757. The second-order valence-corrected chi connectivity index (χ2v) is 7.75. The number of rotatable bonds is 9. The minimum Gasteiger partial charge on any atom is -0.338 e. The summed E-state index contributed by atoms with van der Waals surface area (Å²) in [4.78, 5) is 16.6. The highest BCUT2D eigenvalue weighted by atomic mass is 19.1. The van der Waals surface area contributed by atoms with Crippen LogP contribution in [-0.4, -0.2) is 59.3 Å². The van der Waals surface area contributed by atoms with Crippen LogP contribution >= 0.6 is 0 Å². The molecule has 0 saturated heterocycles. The third kappa shape index (κ3) is 6.96. The van der Waals surface area contributed by atoms with E-state index in [1.807, 2.05) is 37.5 Å². The predicted molar refractivity (Wildman–Crippen MR) is 110 cm³/mol. The molecule has 0 radical (unpaired) electrons. The smallest absolute Gasteiger partial charge is 0.317 e. The Kier molecular flexibility index (Phi) is 7.99. The fourth-order valence-corrected chi connectivity index (χ4v) is 2.98. The summed E-state index contributed by atoms with van der Waals surface area (Å²) in [5.41, 5.74) is 3.04. The Hall–Kier alpha value is -2.41. The molecular weight excluding hydrogens is 357 g/mol. The highest BCUT2D eigenvalue weighted by Gasteiger charge is 2.16. The van der Waals surface area contributed by atoms with Crippen LogP contribution in [0.25, 0.3) is 0 Å². The van der Waals surface area contributed by atoms with Crippen LogP contribution in [0, 0.1) is 25.6 Å². The average molecular weight is 390 g/mol. The molecule has 0 saturated carbocycles.